The summed E-state index contributed by atoms with van der Waals surface area (Å²) in [6.45, 7) is -0.587. The topological polar surface area (TPSA) is 153 Å². The van der Waals surface area contributed by atoms with Crippen LogP contribution in [-0.2, 0) is 41.7 Å². The van der Waals surface area contributed by atoms with Gasteiger partial charge in [0.25, 0.3) is 5.56 Å². The lowest BCUT2D eigenvalue weighted by atomic mass is 10.1. The van der Waals surface area contributed by atoms with Gasteiger partial charge in [0, 0.05) is 32.8 Å². The standard InChI is InChI=1S/C30H21F10N5O8/c1-8(46)41-29-43-27-26(28(49)44(29)5-11-16(31)20(35)24(39)21(36)17(11)32)42-30(51-6-12-18(33)22(37)25(40)23(38)19(12)34)45(27)15-4-13(52-10(3)48)14(53-15)7-50-9(2)47/h13-15H,4-7H2,1-3H3,(H,41,43,46)/t13-,14+,15+/m0/s1. The molecule has 1 saturated heterocycles. The number of nitrogens with zero attached hydrogens (tertiary/aromatic N) is 4. The Bertz CT molecular complexity index is 2190. The molecule has 13 nitrogen and oxygen atoms in total. The minimum absolute atomic E-state index is 0.230. The number of carbonyl (C=O) groups excluding carboxylic acids is 3. The fourth-order valence-corrected chi connectivity index (χ4v) is 5.21. The molecule has 1 aliphatic rings. The first-order valence-electron chi connectivity index (χ1n) is 14.7. The van der Waals surface area contributed by atoms with Crippen LogP contribution in [0.25, 0.3) is 11.2 Å². The van der Waals surface area contributed by atoms with Crippen molar-refractivity contribution in [3.05, 3.63) is 79.7 Å². The molecule has 0 saturated carbocycles. The maximum absolute atomic E-state index is 14.7. The van der Waals surface area contributed by atoms with E-state index in [-0.39, 0.29) is 4.57 Å². The molecule has 0 spiro atoms. The Labute approximate surface area is 288 Å². The molecule has 5 rings (SSSR count). The number of hydrogen-bond acceptors (Lipinski definition) is 10. The van der Waals surface area contributed by atoms with Gasteiger partial charge in [-0.3, -0.25) is 33.6 Å². The molecule has 0 bridgehead atoms. The third-order valence-electron chi connectivity index (χ3n) is 7.56. The van der Waals surface area contributed by atoms with Crippen LogP contribution in [0.1, 0.15) is 44.5 Å². The summed E-state index contributed by atoms with van der Waals surface area (Å²) in [5.41, 5.74) is -6.14. The van der Waals surface area contributed by atoms with Gasteiger partial charge in [0.15, 0.2) is 57.7 Å². The molecule has 1 amide bonds. The number of esters is 2. The van der Waals surface area contributed by atoms with Crippen LogP contribution in [0.4, 0.5) is 49.9 Å². The Balaban J connectivity index is 1.72. The monoisotopic (exact) mass is 769 g/mol. The van der Waals surface area contributed by atoms with Gasteiger partial charge in [0.05, 0.1) is 12.1 Å². The first-order chi connectivity index (χ1) is 24.8. The van der Waals surface area contributed by atoms with E-state index in [1.165, 1.54) is 0 Å². The third-order valence-corrected chi connectivity index (χ3v) is 7.56. The Morgan fingerprint density at radius 3 is 1.81 bits per heavy atom. The number of halogens is 10. The molecule has 1 aliphatic heterocycles. The zero-order valence-electron chi connectivity index (χ0n) is 26.9. The highest BCUT2D eigenvalue weighted by molar-refractivity contribution is 5.88. The summed E-state index contributed by atoms with van der Waals surface area (Å²) >= 11 is 0. The molecule has 284 valence electrons. The van der Waals surface area contributed by atoms with Crippen molar-refractivity contribution in [2.24, 2.45) is 0 Å². The molecule has 1 N–H and O–H groups in total. The molecular weight excluding hydrogens is 748 g/mol. The Morgan fingerprint density at radius 1 is 0.774 bits per heavy atom. The summed E-state index contributed by atoms with van der Waals surface area (Å²) < 4.78 is 164. The Hall–Kier alpha value is -5.74. The van der Waals surface area contributed by atoms with Crippen molar-refractivity contribution in [2.45, 2.75) is 58.8 Å². The van der Waals surface area contributed by atoms with Gasteiger partial charge in [-0.05, 0) is 0 Å². The van der Waals surface area contributed by atoms with E-state index in [9.17, 15) is 63.1 Å². The van der Waals surface area contributed by atoms with Crippen molar-refractivity contribution in [1.29, 1.82) is 0 Å². The molecule has 2 aromatic carbocycles. The van der Waals surface area contributed by atoms with Crippen LogP contribution in [0.2, 0.25) is 0 Å². The zero-order valence-corrected chi connectivity index (χ0v) is 26.9. The lowest BCUT2D eigenvalue weighted by molar-refractivity contribution is -0.155. The number of aromatic nitrogens is 4. The smallest absolute Gasteiger partial charge is 0.303 e. The fraction of sp³-hybridized carbons (Fsp3) is 0.333. The predicted octanol–water partition coefficient (Wildman–Crippen LogP) is 4.35. The van der Waals surface area contributed by atoms with Crippen molar-refractivity contribution in [3.8, 4) is 6.01 Å². The van der Waals surface area contributed by atoms with E-state index in [0.29, 0.717) is 0 Å². The van der Waals surface area contributed by atoms with Crippen LogP contribution < -0.4 is 15.6 Å². The summed E-state index contributed by atoms with van der Waals surface area (Å²) in [7, 11) is 0. The number of amides is 1. The van der Waals surface area contributed by atoms with E-state index >= 15 is 0 Å². The van der Waals surface area contributed by atoms with Gasteiger partial charge in [0.1, 0.15) is 31.6 Å². The van der Waals surface area contributed by atoms with Crippen LogP contribution in [0.5, 0.6) is 6.01 Å². The third kappa shape index (κ3) is 7.19. The van der Waals surface area contributed by atoms with Crippen molar-refractivity contribution in [2.75, 3.05) is 11.9 Å². The molecule has 23 heteroatoms. The summed E-state index contributed by atoms with van der Waals surface area (Å²) in [4.78, 5) is 57.2. The minimum Gasteiger partial charge on any atom is -0.463 e. The van der Waals surface area contributed by atoms with Gasteiger partial charge < -0.3 is 18.9 Å². The van der Waals surface area contributed by atoms with E-state index in [2.05, 4.69) is 9.97 Å². The van der Waals surface area contributed by atoms with E-state index in [1.807, 2.05) is 5.32 Å². The minimum atomic E-state index is -2.52. The van der Waals surface area contributed by atoms with Gasteiger partial charge in [-0.15, -0.1) is 0 Å². The number of nitrogens with one attached hydrogen (secondary N) is 1. The first-order valence-corrected chi connectivity index (χ1v) is 14.7. The van der Waals surface area contributed by atoms with Gasteiger partial charge in [-0.25, -0.2) is 43.9 Å². The first kappa shape index (κ1) is 38.5. The molecule has 0 aliphatic carbocycles. The molecule has 4 aromatic rings. The zero-order chi connectivity index (χ0) is 39.2. The van der Waals surface area contributed by atoms with Gasteiger partial charge >= 0.3 is 17.9 Å². The molecule has 3 atom stereocenters. The summed E-state index contributed by atoms with van der Waals surface area (Å²) in [6, 6.07) is -0.934. The summed E-state index contributed by atoms with van der Waals surface area (Å²) in [5, 5.41) is 2.04. The number of ether oxygens (including phenoxy) is 4. The van der Waals surface area contributed by atoms with Crippen molar-refractivity contribution in [3.63, 3.8) is 0 Å². The summed E-state index contributed by atoms with van der Waals surface area (Å²) in [6.07, 6.45) is -4.47. The van der Waals surface area contributed by atoms with Crippen LogP contribution >= 0.6 is 0 Å². The van der Waals surface area contributed by atoms with E-state index in [0.717, 1.165) is 25.3 Å². The van der Waals surface area contributed by atoms with Crippen LogP contribution in [0.3, 0.4) is 0 Å². The second kappa shape index (κ2) is 14.7. The lowest BCUT2D eigenvalue weighted by Gasteiger charge is -2.19. The van der Waals surface area contributed by atoms with Crippen LogP contribution in [0, 0.1) is 58.2 Å². The number of benzene rings is 2. The van der Waals surface area contributed by atoms with Crippen LogP contribution in [0.15, 0.2) is 4.79 Å². The highest BCUT2D eigenvalue weighted by atomic mass is 19.2. The number of anilines is 1. The number of hydrogen-bond donors (Lipinski definition) is 1. The Morgan fingerprint density at radius 2 is 1.30 bits per heavy atom. The average Bonchev–Trinajstić information content (AvgIpc) is 3.66. The van der Waals surface area contributed by atoms with E-state index < -0.39 is 160 Å². The molecule has 53 heavy (non-hydrogen) atoms. The molecule has 0 unspecified atom stereocenters. The number of fused-ring (bicyclic) bond motifs is 1. The van der Waals surface area contributed by atoms with Gasteiger partial charge in [0.2, 0.25) is 23.5 Å². The quantitative estimate of drug-likeness (QED) is 0.107. The van der Waals surface area contributed by atoms with E-state index in [4.69, 9.17) is 18.9 Å². The van der Waals surface area contributed by atoms with Crippen molar-refractivity contribution >= 4 is 35.0 Å². The maximum Gasteiger partial charge on any atom is 0.303 e. The number of carbonyl (C=O) groups is 3. The van der Waals surface area contributed by atoms with E-state index in [1.54, 1.807) is 0 Å². The van der Waals surface area contributed by atoms with Crippen molar-refractivity contribution in [1.82, 2.24) is 19.1 Å². The largest absolute Gasteiger partial charge is 0.463 e. The van der Waals surface area contributed by atoms with Crippen LogP contribution in [-0.4, -0.2) is 55.8 Å². The highest BCUT2D eigenvalue weighted by Crippen LogP contribution is 2.37. The highest BCUT2D eigenvalue weighted by Gasteiger charge is 2.42. The predicted molar refractivity (Wildman–Crippen MR) is 153 cm³/mol. The number of imidazole rings is 1. The average molecular weight is 770 g/mol. The number of rotatable bonds is 10. The molecule has 2 aromatic heterocycles. The lowest BCUT2D eigenvalue weighted by Crippen LogP contribution is -2.31. The van der Waals surface area contributed by atoms with Gasteiger partial charge in [-0.2, -0.15) is 9.97 Å². The SMILES string of the molecule is CC(=O)Nc1nc2c(nc(OCc3c(F)c(F)c(F)c(F)c3F)n2[C@H]2C[C@H](OC(C)=O)[C@@H](COC(C)=O)O2)c(=O)n1Cc1c(F)c(F)c(F)c(F)c1F. The summed E-state index contributed by atoms with van der Waals surface area (Å²) in [5.74, 6) is -27.3. The Kier molecular flexibility index (Phi) is 10.7. The van der Waals surface area contributed by atoms with Gasteiger partial charge in [-0.1, -0.05) is 0 Å². The fourth-order valence-electron chi connectivity index (χ4n) is 5.21. The second-order valence-electron chi connectivity index (χ2n) is 11.1. The molecular formula is C30H21F10N5O8. The molecule has 3 heterocycles. The molecule has 1 fully saturated rings. The molecule has 0 radical (unpaired) electrons. The van der Waals surface area contributed by atoms with Crippen molar-refractivity contribution < 1.29 is 77.2 Å². The normalized spacial score (nSPS) is 17.0. The maximum atomic E-state index is 14.7. The second-order valence-corrected chi connectivity index (χ2v) is 11.1.